The molecule has 0 unspecified atom stereocenters. The average molecular weight is 326 g/mol. The van der Waals surface area contributed by atoms with Gasteiger partial charge in [-0.2, -0.15) is 0 Å². The van der Waals surface area contributed by atoms with Crippen molar-refractivity contribution in [3.63, 3.8) is 0 Å². The lowest BCUT2D eigenvalue weighted by molar-refractivity contribution is -0.121. The molecule has 0 bridgehead atoms. The first kappa shape index (κ1) is 16.1. The molecule has 0 atom stereocenters. The number of nitrogens with one attached hydrogen (secondary N) is 1. The third kappa shape index (κ3) is 4.83. The molecule has 0 spiro atoms. The van der Waals surface area contributed by atoms with Crippen molar-refractivity contribution in [3.8, 4) is 0 Å². The van der Waals surface area contributed by atoms with Crippen LogP contribution >= 0.6 is 11.8 Å². The summed E-state index contributed by atoms with van der Waals surface area (Å²) < 4.78 is 0. The van der Waals surface area contributed by atoms with Gasteiger partial charge in [0.05, 0.1) is 0 Å². The maximum atomic E-state index is 12.0. The predicted octanol–water partition coefficient (Wildman–Crippen LogP) is 3.93. The largest absolute Gasteiger partial charge is 0.352 e. The highest BCUT2D eigenvalue weighted by Crippen LogP contribution is 2.39. The van der Waals surface area contributed by atoms with Gasteiger partial charge in [0.15, 0.2) is 0 Å². The molecule has 2 aromatic rings. The maximum absolute atomic E-state index is 12.0. The summed E-state index contributed by atoms with van der Waals surface area (Å²) in [4.78, 5) is 17.5. The number of amides is 1. The molecule has 0 radical (unpaired) electrons. The molecule has 0 saturated heterocycles. The van der Waals surface area contributed by atoms with Gasteiger partial charge in [-0.3, -0.25) is 9.78 Å². The monoisotopic (exact) mass is 326 g/mol. The molecule has 1 heterocycles. The standard InChI is InChI=1S/C19H22N2OS/c1-23-18-7-2-14(3-8-18)4-9-19(22)21-12-15-10-17(13-20-11-15)16-5-6-16/h2-3,7-8,10-11,13,16H,4-6,9,12H2,1H3,(H,21,22). The molecule has 23 heavy (non-hydrogen) atoms. The number of aromatic nitrogens is 1. The van der Waals surface area contributed by atoms with Crippen molar-refractivity contribution in [2.24, 2.45) is 0 Å². The molecule has 1 fully saturated rings. The van der Waals surface area contributed by atoms with Gasteiger partial charge < -0.3 is 5.32 Å². The number of hydrogen-bond donors (Lipinski definition) is 1. The number of carbonyl (C=O) groups excluding carboxylic acids is 1. The lowest BCUT2D eigenvalue weighted by Gasteiger charge is -2.07. The SMILES string of the molecule is CSc1ccc(CCC(=O)NCc2cncc(C3CC3)c2)cc1. The van der Waals surface area contributed by atoms with Gasteiger partial charge >= 0.3 is 0 Å². The Balaban J connectivity index is 1.44. The molecular weight excluding hydrogens is 304 g/mol. The lowest BCUT2D eigenvalue weighted by Crippen LogP contribution is -2.23. The maximum Gasteiger partial charge on any atom is 0.220 e. The van der Waals surface area contributed by atoms with Crippen LogP contribution in [0.4, 0.5) is 0 Å². The number of nitrogens with zero attached hydrogens (tertiary/aromatic N) is 1. The van der Waals surface area contributed by atoms with Crippen molar-refractivity contribution in [2.75, 3.05) is 6.26 Å². The molecule has 3 rings (SSSR count). The van der Waals surface area contributed by atoms with Gasteiger partial charge in [-0.15, -0.1) is 11.8 Å². The van der Waals surface area contributed by atoms with Gasteiger partial charge in [0.2, 0.25) is 5.91 Å². The summed E-state index contributed by atoms with van der Waals surface area (Å²) in [5.41, 5.74) is 3.60. The van der Waals surface area contributed by atoms with E-state index in [0.717, 1.165) is 12.0 Å². The van der Waals surface area contributed by atoms with Crippen LogP contribution in [0.15, 0.2) is 47.6 Å². The van der Waals surface area contributed by atoms with E-state index in [2.05, 4.69) is 46.9 Å². The van der Waals surface area contributed by atoms with Gasteiger partial charge in [-0.05, 0) is 60.3 Å². The van der Waals surface area contributed by atoms with E-state index >= 15 is 0 Å². The fourth-order valence-corrected chi connectivity index (χ4v) is 2.99. The summed E-state index contributed by atoms with van der Waals surface area (Å²) in [5, 5.41) is 3.00. The van der Waals surface area contributed by atoms with E-state index in [1.807, 2.05) is 12.4 Å². The van der Waals surface area contributed by atoms with Gasteiger partial charge in [0.1, 0.15) is 0 Å². The van der Waals surface area contributed by atoms with Crippen LogP contribution in [0.3, 0.4) is 0 Å². The topological polar surface area (TPSA) is 42.0 Å². The highest BCUT2D eigenvalue weighted by Gasteiger charge is 2.23. The molecule has 120 valence electrons. The van der Waals surface area contributed by atoms with Crippen molar-refractivity contribution in [3.05, 3.63) is 59.4 Å². The number of carbonyl (C=O) groups is 1. The van der Waals surface area contributed by atoms with Gasteiger partial charge in [-0.1, -0.05) is 18.2 Å². The van der Waals surface area contributed by atoms with E-state index < -0.39 is 0 Å². The molecule has 1 amide bonds. The van der Waals surface area contributed by atoms with Crippen LogP contribution in [0.2, 0.25) is 0 Å². The van der Waals surface area contributed by atoms with Crippen LogP contribution in [0.1, 0.15) is 41.9 Å². The average Bonchev–Trinajstić information content (AvgIpc) is 3.44. The Hall–Kier alpha value is -1.81. The van der Waals surface area contributed by atoms with Crippen LogP contribution in [0, 0.1) is 0 Å². The Morgan fingerprint density at radius 3 is 2.70 bits per heavy atom. The molecule has 1 saturated carbocycles. The molecule has 1 aromatic heterocycles. The van der Waals surface area contributed by atoms with Gasteiger partial charge in [-0.25, -0.2) is 0 Å². The molecular formula is C19H22N2OS. The fourth-order valence-electron chi connectivity index (χ4n) is 2.58. The molecule has 1 N–H and O–H groups in total. The summed E-state index contributed by atoms with van der Waals surface area (Å²) >= 11 is 1.73. The number of thioether (sulfide) groups is 1. The van der Waals surface area contributed by atoms with E-state index in [9.17, 15) is 4.79 Å². The highest BCUT2D eigenvalue weighted by molar-refractivity contribution is 7.98. The van der Waals surface area contributed by atoms with Crippen LogP contribution < -0.4 is 5.32 Å². The Bertz CT molecular complexity index is 665. The van der Waals surface area contributed by atoms with Crippen molar-refractivity contribution < 1.29 is 4.79 Å². The number of hydrogen-bond acceptors (Lipinski definition) is 3. The minimum Gasteiger partial charge on any atom is -0.352 e. The van der Waals surface area contributed by atoms with Crippen molar-refractivity contribution >= 4 is 17.7 Å². The van der Waals surface area contributed by atoms with Crippen LogP contribution in [0.25, 0.3) is 0 Å². The summed E-state index contributed by atoms with van der Waals surface area (Å²) in [5.74, 6) is 0.790. The molecule has 1 aliphatic carbocycles. The van der Waals surface area contributed by atoms with Crippen molar-refractivity contribution in [2.45, 2.75) is 43.0 Å². The third-order valence-corrected chi connectivity index (χ3v) is 4.90. The number of rotatable bonds is 7. The summed E-state index contributed by atoms with van der Waals surface area (Å²) in [6, 6.07) is 10.6. The molecule has 1 aromatic carbocycles. The van der Waals surface area contributed by atoms with Crippen LogP contribution in [-0.4, -0.2) is 17.1 Å². The normalized spacial score (nSPS) is 13.8. The quantitative estimate of drug-likeness (QED) is 0.784. The zero-order valence-corrected chi connectivity index (χ0v) is 14.2. The van der Waals surface area contributed by atoms with E-state index in [1.54, 1.807) is 11.8 Å². The minimum atomic E-state index is 0.0933. The first-order valence-corrected chi connectivity index (χ1v) is 9.30. The van der Waals surface area contributed by atoms with Gasteiger partial charge in [0.25, 0.3) is 0 Å². The zero-order chi connectivity index (χ0) is 16.1. The first-order chi connectivity index (χ1) is 11.2. The minimum absolute atomic E-state index is 0.0933. The van der Waals surface area contributed by atoms with Crippen LogP contribution in [-0.2, 0) is 17.8 Å². The number of benzene rings is 1. The van der Waals surface area contributed by atoms with E-state index in [1.165, 1.54) is 28.9 Å². The Morgan fingerprint density at radius 2 is 2.00 bits per heavy atom. The Kier molecular flexibility index (Phi) is 5.34. The summed E-state index contributed by atoms with van der Waals surface area (Å²) in [7, 11) is 0. The van der Waals surface area contributed by atoms with E-state index in [0.29, 0.717) is 18.9 Å². The molecule has 3 nitrogen and oxygen atoms in total. The second-order valence-corrected chi connectivity index (χ2v) is 6.91. The molecule has 0 aliphatic heterocycles. The lowest BCUT2D eigenvalue weighted by atomic mass is 10.1. The van der Waals surface area contributed by atoms with Crippen molar-refractivity contribution in [1.29, 1.82) is 0 Å². The second-order valence-electron chi connectivity index (χ2n) is 6.03. The fraction of sp³-hybridized carbons (Fsp3) is 0.368. The number of aryl methyl sites for hydroxylation is 1. The summed E-state index contributed by atoms with van der Waals surface area (Å²) in [6.45, 7) is 0.567. The van der Waals surface area contributed by atoms with E-state index in [4.69, 9.17) is 0 Å². The Labute approximate surface area is 141 Å². The van der Waals surface area contributed by atoms with Crippen molar-refractivity contribution in [1.82, 2.24) is 10.3 Å². The molecule has 4 heteroatoms. The third-order valence-electron chi connectivity index (χ3n) is 4.15. The predicted molar refractivity (Wildman–Crippen MR) is 94.6 cm³/mol. The summed E-state index contributed by atoms with van der Waals surface area (Å²) in [6.07, 6.45) is 9.69. The number of pyridine rings is 1. The first-order valence-electron chi connectivity index (χ1n) is 8.08. The Morgan fingerprint density at radius 1 is 1.22 bits per heavy atom. The van der Waals surface area contributed by atoms with E-state index in [-0.39, 0.29) is 5.91 Å². The van der Waals surface area contributed by atoms with Gasteiger partial charge in [0, 0.05) is 30.3 Å². The second kappa shape index (κ2) is 7.64. The van der Waals surface area contributed by atoms with Crippen LogP contribution in [0.5, 0.6) is 0 Å². The highest BCUT2D eigenvalue weighted by atomic mass is 32.2. The smallest absolute Gasteiger partial charge is 0.220 e. The zero-order valence-electron chi connectivity index (χ0n) is 13.4. The molecule has 1 aliphatic rings.